The van der Waals surface area contributed by atoms with Gasteiger partial charge in [-0.1, -0.05) is 30.3 Å². The number of anilines is 2. The van der Waals surface area contributed by atoms with Crippen LogP contribution in [-0.2, 0) is 20.2 Å². The molecule has 0 saturated carbocycles. The Bertz CT molecular complexity index is 1010. The van der Waals surface area contributed by atoms with E-state index in [-0.39, 0.29) is 22.5 Å². The number of rotatable bonds is 4. The second-order valence-electron chi connectivity index (χ2n) is 4.82. The lowest BCUT2D eigenvalue weighted by Crippen LogP contribution is -2.12. The first-order valence-corrected chi connectivity index (χ1v) is 9.30. The Kier molecular flexibility index (Phi) is 4.67. The molecule has 0 spiro atoms. The van der Waals surface area contributed by atoms with Gasteiger partial charge in [0.2, 0.25) is 0 Å². The van der Waals surface area contributed by atoms with E-state index in [9.17, 15) is 25.9 Å². The Balaban J connectivity index is 3.03. The summed E-state index contributed by atoms with van der Waals surface area (Å²) in [5.41, 5.74) is 10.8. The van der Waals surface area contributed by atoms with Crippen LogP contribution in [0, 0.1) is 0 Å². The van der Waals surface area contributed by atoms with Crippen molar-refractivity contribution < 1.29 is 25.9 Å². The quantitative estimate of drug-likeness (QED) is 0.357. The molecule has 6 N–H and O–H groups in total. The van der Waals surface area contributed by atoms with Crippen LogP contribution in [0.3, 0.4) is 0 Å². The van der Waals surface area contributed by atoms with E-state index in [2.05, 4.69) is 0 Å². The number of nitrogen functional groups attached to an aromatic ring is 2. The molecule has 24 heavy (non-hydrogen) atoms. The van der Waals surface area contributed by atoms with E-state index >= 15 is 0 Å². The molecule has 0 aliphatic carbocycles. The van der Waals surface area contributed by atoms with Gasteiger partial charge in [0.15, 0.2) is 0 Å². The largest absolute Gasteiger partial charge is 0.399 e. The summed E-state index contributed by atoms with van der Waals surface area (Å²) >= 11 is 0. The number of benzene rings is 2. The third kappa shape index (κ3) is 3.74. The van der Waals surface area contributed by atoms with Gasteiger partial charge >= 0.3 is 0 Å². The summed E-state index contributed by atoms with van der Waals surface area (Å²) in [5.74, 6) is 0. The van der Waals surface area contributed by atoms with E-state index in [1.165, 1.54) is 36.4 Å². The molecule has 0 fully saturated rings. The van der Waals surface area contributed by atoms with Gasteiger partial charge in [-0.2, -0.15) is 16.8 Å². The van der Waals surface area contributed by atoms with E-state index in [4.69, 9.17) is 11.5 Å². The predicted molar refractivity (Wildman–Crippen MR) is 91.6 cm³/mol. The van der Waals surface area contributed by atoms with Crippen LogP contribution in [0.25, 0.3) is 9.81 Å². The maximum absolute atomic E-state index is 11.9. The van der Waals surface area contributed by atoms with Crippen molar-refractivity contribution in [2.75, 3.05) is 11.5 Å². The molecule has 8 nitrogen and oxygen atoms in total. The van der Waals surface area contributed by atoms with Gasteiger partial charge in [0.25, 0.3) is 20.2 Å². The van der Waals surface area contributed by atoms with Crippen molar-refractivity contribution in [3.63, 3.8) is 0 Å². The van der Waals surface area contributed by atoms with E-state index in [1.54, 1.807) is 6.07 Å². The molecule has 0 atom stereocenters. The van der Waals surface area contributed by atoms with Crippen LogP contribution < -0.4 is 11.5 Å². The first-order valence-electron chi connectivity index (χ1n) is 6.42. The predicted octanol–water partition coefficient (Wildman–Crippen LogP) is 1.45. The van der Waals surface area contributed by atoms with Crippen molar-refractivity contribution >= 4 is 41.4 Å². The third-order valence-corrected chi connectivity index (χ3v) is 5.10. The molecule has 2 aromatic carbocycles. The van der Waals surface area contributed by atoms with Crippen LogP contribution >= 0.6 is 0 Å². The van der Waals surface area contributed by atoms with Gasteiger partial charge < -0.3 is 11.5 Å². The van der Waals surface area contributed by atoms with Gasteiger partial charge in [-0.05, 0) is 23.8 Å². The van der Waals surface area contributed by atoms with Gasteiger partial charge in [-0.25, -0.2) is 0 Å². The van der Waals surface area contributed by atoms with Crippen LogP contribution in [-0.4, -0.2) is 25.9 Å². The van der Waals surface area contributed by atoms with Gasteiger partial charge in [0, 0.05) is 16.9 Å². The highest BCUT2D eigenvalue weighted by Gasteiger charge is 2.31. The third-order valence-electron chi connectivity index (χ3n) is 3.08. The summed E-state index contributed by atoms with van der Waals surface area (Å²) in [5, 5.41) is 0. The van der Waals surface area contributed by atoms with Crippen molar-refractivity contribution in [2.24, 2.45) is 0 Å². The van der Waals surface area contributed by atoms with Crippen LogP contribution in [0.15, 0.2) is 48.5 Å². The monoisotopic (exact) mass is 370 g/mol. The first-order chi connectivity index (χ1) is 11.0. The van der Waals surface area contributed by atoms with E-state index in [1.807, 2.05) is 0 Å². The lowest BCUT2D eigenvalue weighted by molar-refractivity contribution is 0.491. The fourth-order valence-corrected chi connectivity index (χ4v) is 4.38. The molecule has 0 radical (unpaired) electrons. The molecule has 0 amide bonds. The fraction of sp³-hybridized carbons (Fsp3) is 0. The summed E-state index contributed by atoms with van der Waals surface area (Å²) < 4.78 is 66.5. The molecule has 0 aromatic heterocycles. The highest BCUT2D eigenvalue weighted by Crippen LogP contribution is 2.36. The summed E-state index contributed by atoms with van der Waals surface area (Å²) in [6.45, 7) is 0. The average Bonchev–Trinajstić information content (AvgIpc) is 2.44. The number of hydrogen-bond acceptors (Lipinski definition) is 6. The van der Waals surface area contributed by atoms with Crippen molar-refractivity contribution in [1.82, 2.24) is 0 Å². The molecular weight excluding hydrogens is 356 g/mol. The fourth-order valence-electron chi connectivity index (χ4n) is 2.15. The molecule has 0 aliphatic rings. The summed E-state index contributed by atoms with van der Waals surface area (Å²) in [6, 6.07) is 10.6. The maximum atomic E-state index is 11.9. The van der Waals surface area contributed by atoms with E-state index < -0.39 is 30.0 Å². The molecule has 2 aromatic rings. The second-order valence-corrected chi connectivity index (χ2v) is 7.54. The molecule has 0 saturated heterocycles. The van der Waals surface area contributed by atoms with Gasteiger partial charge in [0.05, 0.1) is 0 Å². The SMILES string of the molecule is Nc1ccc(C(=C(c2ccccc2)S(=O)(=O)O)S(=O)(=O)O)c(N)c1. The Morgan fingerprint density at radius 3 is 1.79 bits per heavy atom. The zero-order valence-electron chi connectivity index (χ0n) is 12.1. The number of nitrogens with two attached hydrogens (primary N) is 2. The smallest absolute Gasteiger partial charge is 0.296 e. The first kappa shape index (κ1) is 17.9. The molecule has 10 heteroatoms. The highest BCUT2D eigenvalue weighted by atomic mass is 32.2. The molecule has 128 valence electrons. The van der Waals surface area contributed by atoms with Gasteiger partial charge in [0.1, 0.15) is 9.81 Å². The lowest BCUT2D eigenvalue weighted by Gasteiger charge is -2.14. The normalized spacial score (nSPS) is 13.4. The highest BCUT2D eigenvalue weighted by molar-refractivity contribution is 8.01. The van der Waals surface area contributed by atoms with Crippen LogP contribution in [0.4, 0.5) is 11.4 Å². The van der Waals surface area contributed by atoms with Crippen LogP contribution in [0.2, 0.25) is 0 Å². The Morgan fingerprint density at radius 1 is 0.792 bits per heavy atom. The average molecular weight is 370 g/mol. The Hall–Kier alpha value is -2.40. The standard InChI is InChI=1S/C14H14N2O6S2/c15-10-6-7-11(12(16)8-10)14(24(20,21)22)13(23(17,18)19)9-4-2-1-3-5-9/h1-8H,15-16H2,(H,17,18,19)(H,20,21,22). The van der Waals surface area contributed by atoms with Gasteiger partial charge in [-0.3, -0.25) is 9.11 Å². The van der Waals surface area contributed by atoms with E-state index in [0.29, 0.717) is 0 Å². The zero-order valence-corrected chi connectivity index (χ0v) is 13.8. The summed E-state index contributed by atoms with van der Waals surface area (Å²) in [4.78, 5) is -2.02. The van der Waals surface area contributed by atoms with E-state index in [0.717, 1.165) is 6.07 Å². The minimum atomic E-state index is -5.06. The van der Waals surface area contributed by atoms with Crippen LogP contribution in [0.1, 0.15) is 11.1 Å². The summed E-state index contributed by atoms with van der Waals surface area (Å²) in [7, 11) is -10.1. The van der Waals surface area contributed by atoms with Crippen molar-refractivity contribution in [2.45, 2.75) is 0 Å². The minimum absolute atomic E-state index is 0.135. The molecule has 0 bridgehead atoms. The van der Waals surface area contributed by atoms with Crippen molar-refractivity contribution in [1.29, 1.82) is 0 Å². The molecule has 2 rings (SSSR count). The Morgan fingerprint density at radius 2 is 1.33 bits per heavy atom. The van der Waals surface area contributed by atoms with Crippen molar-refractivity contribution in [3.05, 3.63) is 59.7 Å². The molecular formula is C14H14N2O6S2. The maximum Gasteiger partial charge on any atom is 0.296 e. The topological polar surface area (TPSA) is 161 Å². The zero-order chi connectivity index (χ0) is 18.1. The van der Waals surface area contributed by atoms with Crippen LogP contribution in [0.5, 0.6) is 0 Å². The van der Waals surface area contributed by atoms with Gasteiger partial charge in [-0.15, -0.1) is 0 Å². The number of hydrogen-bond donors (Lipinski definition) is 4. The second kappa shape index (κ2) is 6.24. The molecule has 0 aliphatic heterocycles. The molecule has 0 unspecified atom stereocenters. The summed E-state index contributed by atoms with van der Waals surface area (Å²) in [6.07, 6.45) is 0. The Labute approximate surface area is 138 Å². The minimum Gasteiger partial charge on any atom is -0.399 e. The van der Waals surface area contributed by atoms with Crippen molar-refractivity contribution in [3.8, 4) is 0 Å². The molecule has 0 heterocycles. The lowest BCUT2D eigenvalue weighted by atomic mass is 10.1.